The second-order valence-corrected chi connectivity index (χ2v) is 9.99. The average Bonchev–Trinajstić information content (AvgIpc) is 3.21. The third-order valence-electron chi connectivity index (χ3n) is 6.09. The molecule has 2 aliphatic rings. The summed E-state index contributed by atoms with van der Waals surface area (Å²) in [6.45, 7) is 5.60. The fourth-order valence-electron chi connectivity index (χ4n) is 4.02. The van der Waals surface area contributed by atoms with Crippen molar-refractivity contribution in [1.29, 1.82) is 0 Å². The Hall–Kier alpha value is -1.54. The molecule has 8 heteroatoms. The van der Waals surface area contributed by atoms with Gasteiger partial charge in [-0.25, -0.2) is 4.98 Å². The number of anilines is 2. The zero-order chi connectivity index (χ0) is 21.3. The molecule has 4 rings (SSSR count). The molecule has 0 radical (unpaired) electrons. The maximum Gasteiger partial charge on any atom is 0.227 e. The van der Waals surface area contributed by atoms with Gasteiger partial charge in [-0.2, -0.15) is 4.98 Å². The highest BCUT2D eigenvalue weighted by Gasteiger charge is 2.35. The van der Waals surface area contributed by atoms with Gasteiger partial charge < -0.3 is 20.4 Å². The molecule has 0 spiro atoms. The van der Waals surface area contributed by atoms with E-state index in [4.69, 9.17) is 21.6 Å². The van der Waals surface area contributed by atoms with Crippen LogP contribution in [0, 0.1) is 5.92 Å². The molecule has 0 saturated carbocycles. The number of aliphatic hydroxyl groups excluding tert-OH is 1. The normalized spacial score (nSPS) is 19.1. The van der Waals surface area contributed by atoms with Crippen LogP contribution in [-0.4, -0.2) is 51.7 Å². The molecule has 0 aliphatic carbocycles. The molecule has 3 N–H and O–H groups in total. The van der Waals surface area contributed by atoms with Gasteiger partial charge in [-0.15, -0.1) is 11.8 Å². The molecule has 0 unspecified atom stereocenters. The molecule has 1 fully saturated rings. The van der Waals surface area contributed by atoms with E-state index in [0.29, 0.717) is 42.8 Å². The van der Waals surface area contributed by atoms with E-state index >= 15 is 0 Å². The first kappa shape index (κ1) is 21.7. The molecule has 1 aromatic carbocycles. The van der Waals surface area contributed by atoms with Gasteiger partial charge in [0.1, 0.15) is 5.82 Å². The lowest BCUT2D eigenvalue weighted by Crippen LogP contribution is -2.43. The first-order valence-electron chi connectivity index (χ1n) is 10.5. The number of rotatable bonds is 6. The minimum atomic E-state index is -0.853. The number of fused-ring (bicyclic) bond motifs is 1. The Balaban J connectivity index is 1.53. The summed E-state index contributed by atoms with van der Waals surface area (Å²) in [5, 5.41) is 25.0. The Morgan fingerprint density at radius 2 is 1.90 bits per heavy atom. The van der Waals surface area contributed by atoms with Crippen LogP contribution in [0.1, 0.15) is 37.9 Å². The van der Waals surface area contributed by atoms with E-state index in [1.165, 1.54) is 0 Å². The van der Waals surface area contributed by atoms with Crippen LogP contribution in [0.25, 0.3) is 0 Å². The van der Waals surface area contributed by atoms with Gasteiger partial charge in [0.15, 0.2) is 0 Å². The second kappa shape index (κ2) is 8.91. The number of benzene rings is 1. The molecule has 1 atom stereocenters. The highest BCUT2D eigenvalue weighted by atomic mass is 35.5. The molecular formula is C22H29ClN4O2S. The fourth-order valence-corrected chi connectivity index (χ4v) is 5.20. The van der Waals surface area contributed by atoms with Crippen molar-refractivity contribution in [2.75, 3.05) is 35.7 Å². The predicted octanol–water partition coefficient (Wildman–Crippen LogP) is 3.70. The third-order valence-corrected chi connectivity index (χ3v) is 7.47. The van der Waals surface area contributed by atoms with Gasteiger partial charge in [0, 0.05) is 30.3 Å². The van der Waals surface area contributed by atoms with Crippen LogP contribution in [-0.2, 0) is 12.0 Å². The number of aliphatic hydroxyl groups is 2. The number of hydrogen-bond acceptors (Lipinski definition) is 7. The Labute approximate surface area is 187 Å². The molecular weight excluding hydrogens is 420 g/mol. The van der Waals surface area contributed by atoms with E-state index in [1.807, 2.05) is 24.3 Å². The van der Waals surface area contributed by atoms with Gasteiger partial charge in [-0.05, 0) is 36.5 Å². The zero-order valence-electron chi connectivity index (χ0n) is 17.4. The highest BCUT2D eigenvalue weighted by molar-refractivity contribution is 7.99. The van der Waals surface area contributed by atoms with Gasteiger partial charge >= 0.3 is 0 Å². The van der Waals surface area contributed by atoms with E-state index in [9.17, 15) is 10.2 Å². The smallest absolute Gasteiger partial charge is 0.227 e. The molecule has 6 nitrogen and oxygen atoms in total. The summed E-state index contributed by atoms with van der Waals surface area (Å²) in [7, 11) is 0. The number of nitrogens with zero attached hydrogens (tertiary/aromatic N) is 3. The summed E-state index contributed by atoms with van der Waals surface area (Å²) in [5.41, 5.74) is 1.13. The Bertz CT molecular complexity index is 885. The van der Waals surface area contributed by atoms with Crippen molar-refractivity contribution in [2.24, 2.45) is 5.92 Å². The van der Waals surface area contributed by atoms with E-state index in [1.54, 1.807) is 11.8 Å². The molecule has 3 heterocycles. The minimum Gasteiger partial charge on any atom is -0.394 e. The van der Waals surface area contributed by atoms with Crippen molar-refractivity contribution in [3.05, 3.63) is 40.5 Å². The van der Waals surface area contributed by atoms with E-state index in [-0.39, 0.29) is 12.6 Å². The summed E-state index contributed by atoms with van der Waals surface area (Å²) in [6, 6.07) is 7.42. The van der Waals surface area contributed by atoms with Crippen LogP contribution in [0.2, 0.25) is 5.02 Å². The zero-order valence-corrected chi connectivity index (χ0v) is 19.0. The van der Waals surface area contributed by atoms with Crippen molar-refractivity contribution in [3.63, 3.8) is 0 Å². The number of hydrogen-bond donors (Lipinski definition) is 3. The van der Waals surface area contributed by atoms with E-state index in [0.717, 1.165) is 34.1 Å². The average molecular weight is 449 g/mol. The van der Waals surface area contributed by atoms with Crippen LogP contribution >= 0.6 is 23.4 Å². The van der Waals surface area contributed by atoms with Crippen LogP contribution in [0.3, 0.4) is 0 Å². The lowest BCUT2D eigenvalue weighted by Gasteiger charge is -2.38. The summed E-state index contributed by atoms with van der Waals surface area (Å²) >= 11 is 7.77. The molecule has 162 valence electrons. The standard InChI is InChI=1S/C22H29ClN4O2S/c1-14(2)18(13-28)24-20-19-17(7-12-30-19)25-21(26-20)27-10-8-22(29,9-11-27)15-3-5-16(23)6-4-15/h3-6,14,18,28-29H,7-13H2,1-2H3,(H,24,25,26)/t18-/m0/s1. The number of aromatic nitrogens is 2. The second-order valence-electron chi connectivity index (χ2n) is 8.45. The molecule has 30 heavy (non-hydrogen) atoms. The molecule has 1 aromatic heterocycles. The van der Waals surface area contributed by atoms with Gasteiger partial charge in [0.25, 0.3) is 0 Å². The van der Waals surface area contributed by atoms with Crippen molar-refractivity contribution in [2.45, 2.75) is 49.6 Å². The van der Waals surface area contributed by atoms with Crippen molar-refractivity contribution >= 4 is 35.1 Å². The van der Waals surface area contributed by atoms with Crippen molar-refractivity contribution in [3.8, 4) is 0 Å². The summed E-state index contributed by atoms with van der Waals surface area (Å²) in [4.78, 5) is 12.9. The van der Waals surface area contributed by atoms with Gasteiger partial charge in [0.2, 0.25) is 5.95 Å². The first-order valence-corrected chi connectivity index (χ1v) is 11.9. The van der Waals surface area contributed by atoms with Crippen molar-refractivity contribution in [1.82, 2.24) is 9.97 Å². The highest BCUT2D eigenvalue weighted by Crippen LogP contribution is 2.39. The Kier molecular flexibility index (Phi) is 6.44. The lowest BCUT2D eigenvalue weighted by molar-refractivity contribution is 0.0115. The number of thioether (sulfide) groups is 1. The van der Waals surface area contributed by atoms with Crippen LogP contribution in [0.4, 0.5) is 11.8 Å². The monoisotopic (exact) mass is 448 g/mol. The predicted molar refractivity (Wildman–Crippen MR) is 123 cm³/mol. The quantitative estimate of drug-likeness (QED) is 0.621. The van der Waals surface area contributed by atoms with E-state index < -0.39 is 5.60 Å². The van der Waals surface area contributed by atoms with Gasteiger partial charge in [-0.1, -0.05) is 37.6 Å². The molecule has 0 bridgehead atoms. The summed E-state index contributed by atoms with van der Waals surface area (Å²) < 4.78 is 0. The van der Waals surface area contributed by atoms with Crippen LogP contribution in [0.5, 0.6) is 0 Å². The molecule has 0 amide bonds. The summed E-state index contributed by atoms with van der Waals surface area (Å²) in [5.74, 6) is 2.82. The van der Waals surface area contributed by atoms with Crippen LogP contribution in [0.15, 0.2) is 29.2 Å². The van der Waals surface area contributed by atoms with E-state index in [2.05, 4.69) is 24.1 Å². The summed E-state index contributed by atoms with van der Waals surface area (Å²) in [6.07, 6.45) is 2.15. The molecule has 2 aromatic rings. The molecule has 2 aliphatic heterocycles. The number of nitrogens with one attached hydrogen (secondary N) is 1. The topological polar surface area (TPSA) is 81.5 Å². The maximum absolute atomic E-state index is 11.2. The largest absolute Gasteiger partial charge is 0.394 e. The van der Waals surface area contributed by atoms with Gasteiger partial charge in [-0.3, -0.25) is 0 Å². The molecule has 1 saturated heterocycles. The number of halogens is 1. The number of piperidine rings is 1. The fraction of sp³-hybridized carbons (Fsp3) is 0.545. The Morgan fingerprint density at radius 1 is 1.20 bits per heavy atom. The minimum absolute atomic E-state index is 0.0468. The van der Waals surface area contributed by atoms with Crippen LogP contribution < -0.4 is 10.2 Å². The Morgan fingerprint density at radius 3 is 2.53 bits per heavy atom. The first-order chi connectivity index (χ1) is 14.4. The number of aryl methyl sites for hydroxylation is 1. The van der Waals surface area contributed by atoms with Gasteiger partial charge in [0.05, 0.1) is 28.8 Å². The maximum atomic E-state index is 11.2. The van der Waals surface area contributed by atoms with Crippen molar-refractivity contribution < 1.29 is 10.2 Å². The lowest BCUT2D eigenvalue weighted by atomic mass is 9.84. The third kappa shape index (κ3) is 4.40. The SMILES string of the molecule is CC(C)[C@H](CO)Nc1nc(N2CCC(O)(c3ccc(Cl)cc3)CC2)nc2c1SCC2.